The summed E-state index contributed by atoms with van der Waals surface area (Å²) in [6.07, 6.45) is 7.67. The third-order valence-electron chi connectivity index (χ3n) is 3.41. The summed E-state index contributed by atoms with van der Waals surface area (Å²) < 4.78 is 59.8. The van der Waals surface area contributed by atoms with Crippen molar-refractivity contribution in [3.8, 4) is 0 Å². The summed E-state index contributed by atoms with van der Waals surface area (Å²) in [4.78, 5) is -0.774. The highest BCUT2D eigenvalue weighted by atomic mass is 35.5. The molecule has 6 nitrogen and oxygen atoms in total. The van der Waals surface area contributed by atoms with Crippen molar-refractivity contribution < 1.29 is 21.9 Å². The van der Waals surface area contributed by atoms with Crippen LogP contribution in [0.25, 0.3) is 0 Å². The van der Waals surface area contributed by atoms with Crippen LogP contribution in [0, 0.1) is 11.6 Å². The molecule has 0 unspecified atom stereocenters. The van der Waals surface area contributed by atoms with E-state index in [0.717, 1.165) is 16.1 Å². The number of anilines is 1. The Balaban J connectivity index is 2.36. The van der Waals surface area contributed by atoms with Gasteiger partial charge in [0.15, 0.2) is 5.82 Å². The van der Waals surface area contributed by atoms with Crippen LogP contribution in [0.2, 0.25) is 5.02 Å². The van der Waals surface area contributed by atoms with E-state index in [0.29, 0.717) is 12.7 Å². The Labute approximate surface area is 163 Å². The minimum Gasteiger partial charge on any atom is -0.359 e. The number of aromatic nitrogens is 2. The quantitative estimate of drug-likeness (QED) is 0.358. The van der Waals surface area contributed by atoms with Crippen LogP contribution >= 0.6 is 21.6 Å². The highest BCUT2D eigenvalue weighted by Crippen LogP contribution is 2.33. The zero-order valence-corrected chi connectivity index (χ0v) is 17.4. The molecule has 0 bridgehead atoms. The van der Waals surface area contributed by atoms with Gasteiger partial charge in [-0.25, -0.2) is 31.5 Å². The molecule has 1 aromatic heterocycles. The van der Waals surface area contributed by atoms with Gasteiger partial charge in [0.1, 0.15) is 23.3 Å². The molecule has 27 heavy (non-hydrogen) atoms. The van der Waals surface area contributed by atoms with Gasteiger partial charge in [-0.1, -0.05) is 11.6 Å². The molecule has 11 heteroatoms. The van der Waals surface area contributed by atoms with Crippen LogP contribution in [0.3, 0.4) is 0 Å². The van der Waals surface area contributed by atoms with Crippen molar-refractivity contribution in [2.24, 2.45) is 0 Å². The minimum absolute atomic E-state index is 0.0551. The second-order valence-corrected chi connectivity index (χ2v) is 13.3. The summed E-state index contributed by atoms with van der Waals surface area (Å²) in [6, 6.07) is 4.03. The summed E-state index contributed by atoms with van der Waals surface area (Å²) in [7, 11) is -5.28. The van der Waals surface area contributed by atoms with Gasteiger partial charge in [0.2, 0.25) is 0 Å². The average molecular weight is 440 g/mol. The first kappa shape index (κ1) is 21.8. The molecular formula is C16H20ClF2N3O3S2. The van der Waals surface area contributed by atoms with E-state index in [1.54, 1.807) is 0 Å². The van der Waals surface area contributed by atoms with Gasteiger partial charge in [-0.2, -0.15) is 5.10 Å². The second-order valence-electron chi connectivity index (χ2n) is 6.46. The first-order valence-corrected chi connectivity index (χ1v) is 12.6. The predicted molar refractivity (Wildman–Crippen MR) is 104 cm³/mol. The van der Waals surface area contributed by atoms with Gasteiger partial charge in [-0.15, -0.1) is 5.10 Å². The van der Waals surface area contributed by atoms with E-state index in [1.807, 2.05) is 0 Å². The number of sulfonamides is 1. The lowest BCUT2D eigenvalue weighted by Crippen LogP contribution is -2.35. The Morgan fingerprint density at radius 1 is 1.19 bits per heavy atom. The molecule has 2 aromatic rings. The third-order valence-corrected chi connectivity index (χ3v) is 6.83. The van der Waals surface area contributed by atoms with Gasteiger partial charge in [0, 0.05) is 18.0 Å². The molecule has 0 atom stereocenters. The van der Waals surface area contributed by atoms with E-state index >= 15 is 0 Å². The van der Waals surface area contributed by atoms with Crippen molar-refractivity contribution in [2.75, 3.05) is 42.2 Å². The van der Waals surface area contributed by atoms with Crippen LogP contribution in [0.15, 0.2) is 35.4 Å². The molecule has 0 amide bonds. The Bertz CT molecular complexity index is 894. The largest absolute Gasteiger partial charge is 0.359 e. The fraction of sp³-hybridized carbons (Fsp3) is 0.375. The molecule has 0 saturated heterocycles. The second kappa shape index (κ2) is 8.68. The van der Waals surface area contributed by atoms with Crippen LogP contribution in [-0.4, -0.2) is 56.5 Å². The third kappa shape index (κ3) is 5.74. The smallest absolute Gasteiger partial charge is 0.270 e. The van der Waals surface area contributed by atoms with Crippen molar-refractivity contribution in [1.29, 1.82) is 0 Å². The Morgan fingerprint density at radius 2 is 1.89 bits per heavy atom. The SMILES string of the molecule is CS(C)(C)CCOCN(c1cccnn1)S(=O)(=O)c1cc(Cl)c(F)cc1F. The number of nitrogens with zero attached hydrogens (tertiary/aromatic N) is 3. The zero-order valence-electron chi connectivity index (χ0n) is 15.0. The van der Waals surface area contributed by atoms with Crippen LogP contribution in [-0.2, 0) is 14.8 Å². The Kier molecular flexibility index (Phi) is 7.01. The van der Waals surface area contributed by atoms with Crippen molar-refractivity contribution in [3.63, 3.8) is 0 Å². The van der Waals surface area contributed by atoms with Crippen molar-refractivity contribution >= 4 is 37.5 Å². The standard InChI is InChI=1S/C16H20ClF2N3O3S2/c1-26(2,3)8-7-25-11-22(16-5-4-6-20-21-16)27(23,24)15-9-12(17)13(18)10-14(15)19/h4-6,9-10H,7-8,11H2,1-3H3. The minimum atomic E-state index is -4.45. The molecule has 0 aliphatic rings. The number of rotatable bonds is 8. The molecule has 0 fully saturated rings. The van der Waals surface area contributed by atoms with Gasteiger partial charge >= 0.3 is 0 Å². The summed E-state index contributed by atoms with van der Waals surface area (Å²) in [5.74, 6) is -1.60. The average Bonchev–Trinajstić information content (AvgIpc) is 2.57. The highest BCUT2D eigenvalue weighted by Gasteiger charge is 2.30. The lowest BCUT2D eigenvalue weighted by molar-refractivity contribution is 0.159. The molecule has 0 N–H and O–H groups in total. The van der Waals surface area contributed by atoms with Crippen molar-refractivity contribution in [3.05, 3.63) is 47.1 Å². The maximum absolute atomic E-state index is 14.2. The maximum Gasteiger partial charge on any atom is 0.270 e. The van der Waals surface area contributed by atoms with Crippen molar-refractivity contribution in [2.45, 2.75) is 4.90 Å². The fourth-order valence-electron chi connectivity index (χ4n) is 1.96. The van der Waals surface area contributed by atoms with E-state index in [9.17, 15) is 17.2 Å². The van der Waals surface area contributed by atoms with Crippen LogP contribution < -0.4 is 4.31 Å². The summed E-state index contributed by atoms with van der Waals surface area (Å²) in [6.45, 7) is -0.0806. The van der Waals surface area contributed by atoms with Crippen LogP contribution in [0.5, 0.6) is 0 Å². The topological polar surface area (TPSA) is 72.4 Å². The van der Waals surface area contributed by atoms with E-state index in [4.69, 9.17) is 16.3 Å². The molecule has 1 aromatic carbocycles. The Hall–Kier alpha value is -1.49. The molecule has 2 rings (SSSR count). The molecule has 0 radical (unpaired) electrons. The fourth-order valence-corrected chi connectivity index (χ4v) is 4.17. The molecule has 0 saturated carbocycles. The first-order chi connectivity index (χ1) is 12.5. The molecule has 0 spiro atoms. The lowest BCUT2D eigenvalue weighted by Gasteiger charge is -2.26. The monoisotopic (exact) mass is 439 g/mol. The summed E-state index contributed by atoms with van der Waals surface area (Å²) >= 11 is 5.64. The van der Waals surface area contributed by atoms with Gasteiger partial charge in [0.05, 0.1) is 11.6 Å². The van der Waals surface area contributed by atoms with Gasteiger partial charge in [-0.3, -0.25) is 0 Å². The van der Waals surface area contributed by atoms with Gasteiger partial charge in [0.25, 0.3) is 10.0 Å². The number of halogens is 3. The highest BCUT2D eigenvalue weighted by molar-refractivity contribution is 8.32. The van der Waals surface area contributed by atoms with Crippen molar-refractivity contribution in [1.82, 2.24) is 10.2 Å². The molecule has 0 aliphatic carbocycles. The predicted octanol–water partition coefficient (Wildman–Crippen LogP) is 3.27. The molecule has 150 valence electrons. The lowest BCUT2D eigenvalue weighted by atomic mass is 10.3. The number of hydrogen-bond donors (Lipinski definition) is 0. The van der Waals surface area contributed by atoms with Gasteiger partial charge < -0.3 is 4.74 Å². The number of ether oxygens (including phenoxy) is 1. The van der Waals surface area contributed by atoms with Crippen LogP contribution in [0.1, 0.15) is 0 Å². The first-order valence-electron chi connectivity index (χ1n) is 7.71. The number of benzene rings is 1. The van der Waals surface area contributed by atoms with E-state index < -0.39 is 48.3 Å². The van der Waals surface area contributed by atoms with E-state index in [1.165, 1.54) is 18.3 Å². The molecule has 1 heterocycles. The number of hydrogen-bond acceptors (Lipinski definition) is 5. The normalized spacial score (nSPS) is 12.8. The van der Waals surface area contributed by atoms with Crippen LogP contribution in [0.4, 0.5) is 14.6 Å². The molecular weight excluding hydrogens is 420 g/mol. The summed E-state index contributed by atoms with van der Waals surface area (Å²) in [5, 5.41) is 6.90. The molecule has 0 aliphatic heterocycles. The maximum atomic E-state index is 14.2. The van der Waals surface area contributed by atoms with Gasteiger partial charge in [-0.05, 0) is 37.0 Å². The zero-order chi connectivity index (χ0) is 20.2. The Morgan fingerprint density at radius 3 is 2.48 bits per heavy atom. The summed E-state index contributed by atoms with van der Waals surface area (Å²) in [5.41, 5.74) is 0. The van der Waals surface area contributed by atoms with E-state index in [-0.39, 0.29) is 5.82 Å². The van der Waals surface area contributed by atoms with E-state index in [2.05, 4.69) is 29.0 Å².